The van der Waals surface area contributed by atoms with Crippen LogP contribution in [0.15, 0.2) is 29.5 Å². The standard InChI is InChI=1S/C23H25FN6O4/c1-13-17(12-34-21(13)32)29-7-5-23(22(29)33)4-6-28(11-19(23)24)10-18(31)14-2-3-16-15(8-14)9-30-20(16)25-26-27-30/h2-3,8,18-19,31H,4-7,9-12H2,1H3/t18-,19+,23-/m1/s1. The number of halogens is 1. The molecule has 1 spiro atoms. The predicted octanol–water partition coefficient (Wildman–Crippen LogP) is 0.828. The number of nitrogens with zero attached hydrogens (tertiary/aromatic N) is 6. The van der Waals surface area contributed by atoms with Crippen molar-refractivity contribution in [3.63, 3.8) is 0 Å². The summed E-state index contributed by atoms with van der Waals surface area (Å²) in [6.45, 7) is 3.53. The first-order valence-corrected chi connectivity index (χ1v) is 11.5. The maximum absolute atomic E-state index is 15.5. The number of esters is 1. The molecule has 1 aromatic carbocycles. The van der Waals surface area contributed by atoms with E-state index in [2.05, 4.69) is 15.5 Å². The number of hydrogen-bond acceptors (Lipinski definition) is 8. The average Bonchev–Trinajstić information content (AvgIpc) is 3.56. The highest BCUT2D eigenvalue weighted by Crippen LogP contribution is 2.45. The van der Waals surface area contributed by atoms with Crippen molar-refractivity contribution >= 4 is 11.9 Å². The number of aromatic nitrogens is 4. The fourth-order valence-corrected chi connectivity index (χ4v) is 5.68. The summed E-state index contributed by atoms with van der Waals surface area (Å²) in [6.07, 6.45) is -1.34. The first kappa shape index (κ1) is 21.4. The molecular weight excluding hydrogens is 443 g/mol. The maximum atomic E-state index is 15.5. The molecule has 2 fully saturated rings. The van der Waals surface area contributed by atoms with Crippen LogP contribution in [0.2, 0.25) is 0 Å². The third kappa shape index (κ3) is 3.10. The maximum Gasteiger partial charge on any atom is 0.336 e. The fraction of sp³-hybridized carbons (Fsp3) is 0.522. The Balaban J connectivity index is 1.12. The molecule has 1 N–H and O–H groups in total. The number of carbonyl (C=O) groups is 2. The van der Waals surface area contributed by atoms with Crippen LogP contribution in [-0.4, -0.2) is 85.9 Å². The number of carbonyl (C=O) groups excluding carboxylic acids is 2. The van der Waals surface area contributed by atoms with Crippen molar-refractivity contribution < 1.29 is 23.8 Å². The van der Waals surface area contributed by atoms with Crippen molar-refractivity contribution in [2.45, 2.75) is 38.6 Å². The van der Waals surface area contributed by atoms with Crippen LogP contribution in [0, 0.1) is 5.41 Å². The molecule has 5 heterocycles. The van der Waals surface area contributed by atoms with Gasteiger partial charge in [0.1, 0.15) is 12.8 Å². The molecule has 0 unspecified atom stereocenters. The van der Waals surface area contributed by atoms with Crippen molar-refractivity contribution in [3.05, 3.63) is 40.6 Å². The summed E-state index contributed by atoms with van der Waals surface area (Å²) in [6, 6.07) is 5.70. The topological polar surface area (TPSA) is 114 Å². The first-order chi connectivity index (χ1) is 16.4. The lowest BCUT2D eigenvalue weighted by Crippen LogP contribution is -2.53. The van der Waals surface area contributed by atoms with Crippen molar-refractivity contribution in [2.24, 2.45) is 5.41 Å². The number of benzene rings is 1. The monoisotopic (exact) mass is 468 g/mol. The van der Waals surface area contributed by atoms with Gasteiger partial charge >= 0.3 is 5.97 Å². The van der Waals surface area contributed by atoms with Crippen LogP contribution in [0.3, 0.4) is 0 Å². The Bertz CT molecular complexity index is 1230. The average molecular weight is 468 g/mol. The van der Waals surface area contributed by atoms with Gasteiger partial charge in [0, 0.05) is 25.2 Å². The number of aliphatic hydroxyl groups is 1. The number of alkyl halides is 1. The molecule has 11 heteroatoms. The molecule has 1 amide bonds. The highest BCUT2D eigenvalue weighted by molar-refractivity contribution is 5.94. The summed E-state index contributed by atoms with van der Waals surface area (Å²) in [5, 5.41) is 22.5. The Hall–Kier alpha value is -3.18. The normalized spacial score (nSPS) is 27.5. The molecule has 0 aliphatic carbocycles. The van der Waals surface area contributed by atoms with Gasteiger partial charge in [-0.1, -0.05) is 18.2 Å². The zero-order chi connectivity index (χ0) is 23.6. The number of fused-ring (bicyclic) bond motifs is 3. The van der Waals surface area contributed by atoms with Crippen LogP contribution in [0.1, 0.15) is 37.0 Å². The molecule has 34 heavy (non-hydrogen) atoms. The Morgan fingerprint density at radius 2 is 2.12 bits per heavy atom. The first-order valence-electron chi connectivity index (χ1n) is 11.5. The van der Waals surface area contributed by atoms with Crippen molar-refractivity contribution in [1.82, 2.24) is 30.0 Å². The number of β-amino-alcohol motifs (C(OH)–C–C–N with tert-alkyl or cyclic N) is 1. The number of ether oxygens (including phenoxy) is 1. The van der Waals surface area contributed by atoms with Gasteiger partial charge in [-0.15, -0.1) is 5.10 Å². The molecule has 4 aliphatic heterocycles. The number of tetrazole rings is 1. The van der Waals surface area contributed by atoms with Gasteiger partial charge in [0.25, 0.3) is 0 Å². The van der Waals surface area contributed by atoms with E-state index in [0.29, 0.717) is 49.6 Å². The summed E-state index contributed by atoms with van der Waals surface area (Å²) >= 11 is 0. The lowest BCUT2D eigenvalue weighted by molar-refractivity contribution is -0.142. The van der Waals surface area contributed by atoms with Gasteiger partial charge in [0.2, 0.25) is 5.91 Å². The molecule has 6 rings (SSSR count). The van der Waals surface area contributed by atoms with E-state index in [-0.39, 0.29) is 25.6 Å². The Labute approximate surface area is 195 Å². The van der Waals surface area contributed by atoms with E-state index in [1.807, 2.05) is 23.1 Å². The third-order valence-corrected chi connectivity index (χ3v) is 7.79. The van der Waals surface area contributed by atoms with E-state index in [0.717, 1.165) is 16.7 Å². The predicted molar refractivity (Wildman–Crippen MR) is 116 cm³/mol. The van der Waals surface area contributed by atoms with Gasteiger partial charge < -0.3 is 14.7 Å². The highest BCUT2D eigenvalue weighted by Gasteiger charge is 2.56. The van der Waals surface area contributed by atoms with Gasteiger partial charge in [-0.05, 0) is 47.9 Å². The highest BCUT2D eigenvalue weighted by atomic mass is 19.1. The SMILES string of the molecule is CC1=C(N2CC[C@@]3(CCN(C[C@@H](O)c4ccc5c(c4)Cn4nnnc4-5)C[C@@H]3F)C2=O)COC1=O. The lowest BCUT2D eigenvalue weighted by Gasteiger charge is -2.41. The summed E-state index contributed by atoms with van der Waals surface area (Å²) in [5.41, 5.74) is 2.63. The second-order valence-corrected chi connectivity index (χ2v) is 9.58. The molecule has 2 saturated heterocycles. The van der Waals surface area contributed by atoms with Gasteiger partial charge in [-0.25, -0.2) is 13.9 Å². The van der Waals surface area contributed by atoms with Crippen LogP contribution in [0.5, 0.6) is 0 Å². The zero-order valence-corrected chi connectivity index (χ0v) is 18.8. The summed E-state index contributed by atoms with van der Waals surface area (Å²) in [5.74, 6) is 0.0353. The molecule has 0 saturated carbocycles. The quantitative estimate of drug-likeness (QED) is 0.560. The number of cyclic esters (lactones) is 1. The molecule has 0 radical (unpaired) electrons. The second-order valence-electron chi connectivity index (χ2n) is 9.58. The summed E-state index contributed by atoms with van der Waals surface area (Å²) in [4.78, 5) is 28.4. The van der Waals surface area contributed by atoms with Crippen molar-refractivity contribution in [3.8, 4) is 11.4 Å². The van der Waals surface area contributed by atoms with E-state index in [9.17, 15) is 14.7 Å². The van der Waals surface area contributed by atoms with E-state index in [1.165, 1.54) is 4.90 Å². The number of rotatable bonds is 4. The smallest absolute Gasteiger partial charge is 0.336 e. The van der Waals surface area contributed by atoms with E-state index in [4.69, 9.17) is 4.74 Å². The Kier molecular flexibility index (Phi) is 4.82. The molecule has 178 valence electrons. The minimum atomic E-state index is -1.35. The lowest BCUT2D eigenvalue weighted by atomic mass is 9.75. The zero-order valence-electron chi connectivity index (χ0n) is 18.8. The molecular formula is C23H25FN6O4. The molecule has 3 atom stereocenters. The number of hydrogen-bond donors (Lipinski definition) is 1. The molecule has 2 aromatic rings. The summed E-state index contributed by atoms with van der Waals surface area (Å²) < 4.78 is 22.3. The largest absolute Gasteiger partial charge is 0.456 e. The van der Waals surface area contributed by atoms with Crippen molar-refractivity contribution in [1.29, 1.82) is 0 Å². The third-order valence-electron chi connectivity index (χ3n) is 7.79. The van der Waals surface area contributed by atoms with Gasteiger partial charge in [0.05, 0.1) is 29.3 Å². The van der Waals surface area contributed by atoms with Crippen LogP contribution < -0.4 is 0 Å². The van der Waals surface area contributed by atoms with Gasteiger partial charge in [-0.2, -0.15) is 0 Å². The number of likely N-dealkylation sites (tertiary alicyclic amines) is 2. The van der Waals surface area contributed by atoms with Gasteiger partial charge in [-0.3, -0.25) is 9.69 Å². The van der Waals surface area contributed by atoms with E-state index < -0.39 is 23.7 Å². The Morgan fingerprint density at radius 3 is 2.88 bits per heavy atom. The van der Waals surface area contributed by atoms with E-state index in [1.54, 1.807) is 11.6 Å². The molecule has 0 bridgehead atoms. The molecule has 4 aliphatic rings. The molecule has 10 nitrogen and oxygen atoms in total. The van der Waals surface area contributed by atoms with Crippen LogP contribution in [0.25, 0.3) is 11.4 Å². The van der Waals surface area contributed by atoms with E-state index >= 15 is 4.39 Å². The van der Waals surface area contributed by atoms with Gasteiger partial charge in [0.15, 0.2) is 5.82 Å². The molecule has 1 aromatic heterocycles. The minimum Gasteiger partial charge on any atom is -0.456 e. The second kappa shape index (κ2) is 7.67. The van der Waals surface area contributed by atoms with Crippen LogP contribution in [0.4, 0.5) is 4.39 Å². The number of piperidine rings is 1. The van der Waals surface area contributed by atoms with Crippen LogP contribution in [-0.2, 0) is 20.9 Å². The van der Waals surface area contributed by atoms with Crippen molar-refractivity contribution in [2.75, 3.05) is 32.8 Å². The summed E-state index contributed by atoms with van der Waals surface area (Å²) in [7, 11) is 0. The number of aliphatic hydroxyl groups excluding tert-OH is 1. The Morgan fingerprint density at radius 1 is 1.29 bits per heavy atom. The van der Waals surface area contributed by atoms with Crippen LogP contribution >= 0.6 is 0 Å². The minimum absolute atomic E-state index is 0.0660. The fourth-order valence-electron chi connectivity index (χ4n) is 5.68. The number of amides is 1.